The molecule has 33 heavy (non-hydrogen) atoms. The van der Waals surface area contributed by atoms with E-state index in [2.05, 4.69) is 10.6 Å². The van der Waals surface area contributed by atoms with Crippen LogP contribution in [0.2, 0.25) is 0 Å². The SMILES string of the molecule is CC(C)(N)CCOC(C)(C)CC(=O)Nc1cccc2c1C(=O)N(C1CCC(=O)NC1=O)C2=O. The summed E-state index contributed by atoms with van der Waals surface area (Å²) in [6.45, 7) is 7.74. The van der Waals surface area contributed by atoms with Crippen LogP contribution in [0.5, 0.6) is 0 Å². The van der Waals surface area contributed by atoms with Crippen LogP contribution in [0.1, 0.15) is 74.1 Å². The number of carbonyl (C=O) groups excluding carboxylic acids is 5. The molecule has 1 saturated heterocycles. The minimum atomic E-state index is -1.07. The second kappa shape index (κ2) is 9.03. The molecule has 0 radical (unpaired) electrons. The maximum absolute atomic E-state index is 13.1. The van der Waals surface area contributed by atoms with Crippen LogP contribution in [0, 0.1) is 0 Å². The third kappa shape index (κ3) is 5.63. The number of rotatable bonds is 8. The Morgan fingerprint density at radius 3 is 2.52 bits per heavy atom. The van der Waals surface area contributed by atoms with Gasteiger partial charge in [-0.2, -0.15) is 0 Å². The number of hydrogen-bond donors (Lipinski definition) is 3. The molecule has 1 unspecified atom stereocenters. The molecule has 0 saturated carbocycles. The Balaban J connectivity index is 1.72. The lowest BCUT2D eigenvalue weighted by Gasteiger charge is -2.28. The average molecular weight is 459 g/mol. The summed E-state index contributed by atoms with van der Waals surface area (Å²) in [6, 6.07) is 3.48. The van der Waals surface area contributed by atoms with Crippen molar-refractivity contribution < 1.29 is 28.7 Å². The molecule has 10 heteroatoms. The zero-order valence-corrected chi connectivity index (χ0v) is 19.3. The van der Waals surface area contributed by atoms with Gasteiger partial charge in [0.1, 0.15) is 6.04 Å². The first-order valence-corrected chi connectivity index (χ1v) is 10.9. The highest BCUT2D eigenvalue weighted by atomic mass is 16.5. The van der Waals surface area contributed by atoms with Crippen molar-refractivity contribution in [3.8, 4) is 0 Å². The molecule has 0 aliphatic carbocycles. The summed E-state index contributed by atoms with van der Waals surface area (Å²) in [7, 11) is 0. The van der Waals surface area contributed by atoms with E-state index in [4.69, 9.17) is 10.5 Å². The highest BCUT2D eigenvalue weighted by molar-refractivity contribution is 6.26. The number of piperidine rings is 1. The fourth-order valence-corrected chi connectivity index (χ4v) is 3.84. The van der Waals surface area contributed by atoms with Gasteiger partial charge in [0.2, 0.25) is 17.7 Å². The van der Waals surface area contributed by atoms with Crippen molar-refractivity contribution in [3.05, 3.63) is 29.3 Å². The normalized spacial score (nSPS) is 18.9. The third-order valence-electron chi connectivity index (χ3n) is 5.57. The zero-order chi connectivity index (χ0) is 24.6. The number of fused-ring (bicyclic) bond motifs is 1. The van der Waals surface area contributed by atoms with Gasteiger partial charge in [0.15, 0.2) is 0 Å². The fourth-order valence-electron chi connectivity index (χ4n) is 3.84. The number of hydrogen-bond acceptors (Lipinski definition) is 7. The first-order valence-electron chi connectivity index (χ1n) is 10.9. The van der Waals surface area contributed by atoms with E-state index in [0.29, 0.717) is 13.0 Å². The number of nitrogens with two attached hydrogens (primary N) is 1. The van der Waals surface area contributed by atoms with E-state index in [1.807, 2.05) is 13.8 Å². The number of benzene rings is 1. The van der Waals surface area contributed by atoms with Crippen molar-refractivity contribution in [3.63, 3.8) is 0 Å². The molecule has 3 rings (SSSR count). The summed E-state index contributed by atoms with van der Waals surface area (Å²) in [4.78, 5) is 63.3. The van der Waals surface area contributed by atoms with Crippen LogP contribution in [0.15, 0.2) is 18.2 Å². The number of anilines is 1. The van der Waals surface area contributed by atoms with Crippen LogP contribution < -0.4 is 16.4 Å². The van der Waals surface area contributed by atoms with Crippen LogP contribution in [0.25, 0.3) is 0 Å². The molecule has 4 N–H and O–H groups in total. The lowest BCUT2D eigenvalue weighted by atomic mass is 10.0. The van der Waals surface area contributed by atoms with Crippen molar-refractivity contribution in [2.45, 2.75) is 70.6 Å². The van der Waals surface area contributed by atoms with Crippen molar-refractivity contribution in [2.24, 2.45) is 5.73 Å². The van der Waals surface area contributed by atoms with Gasteiger partial charge in [0, 0.05) is 18.6 Å². The quantitative estimate of drug-likeness (QED) is 0.498. The van der Waals surface area contributed by atoms with Crippen molar-refractivity contribution >= 4 is 35.2 Å². The molecule has 1 atom stereocenters. The lowest BCUT2D eigenvalue weighted by molar-refractivity contribution is -0.136. The van der Waals surface area contributed by atoms with Crippen molar-refractivity contribution in [1.29, 1.82) is 0 Å². The van der Waals surface area contributed by atoms with Crippen LogP contribution >= 0.6 is 0 Å². The number of nitrogens with zero attached hydrogens (tertiary/aromatic N) is 1. The molecular weight excluding hydrogens is 428 g/mol. The van der Waals surface area contributed by atoms with E-state index in [9.17, 15) is 24.0 Å². The van der Waals surface area contributed by atoms with Gasteiger partial charge >= 0.3 is 0 Å². The largest absolute Gasteiger partial charge is 0.375 e. The van der Waals surface area contributed by atoms with Gasteiger partial charge in [-0.25, -0.2) is 0 Å². The molecule has 2 heterocycles. The molecular formula is C23H30N4O6. The Labute approximate surface area is 192 Å². The number of nitrogens with one attached hydrogen (secondary N) is 2. The van der Waals surface area contributed by atoms with Crippen molar-refractivity contribution in [1.82, 2.24) is 10.2 Å². The van der Waals surface area contributed by atoms with E-state index < -0.39 is 35.3 Å². The zero-order valence-electron chi connectivity index (χ0n) is 19.3. The van der Waals surface area contributed by atoms with Gasteiger partial charge in [-0.3, -0.25) is 34.2 Å². The van der Waals surface area contributed by atoms with E-state index in [1.54, 1.807) is 19.9 Å². The number of imide groups is 2. The molecule has 10 nitrogen and oxygen atoms in total. The van der Waals surface area contributed by atoms with Crippen LogP contribution in [0.4, 0.5) is 5.69 Å². The Bertz CT molecular complexity index is 1010. The van der Waals surface area contributed by atoms with Crippen LogP contribution in [0.3, 0.4) is 0 Å². The van der Waals surface area contributed by atoms with E-state index in [0.717, 1.165) is 4.90 Å². The summed E-state index contributed by atoms with van der Waals surface area (Å²) >= 11 is 0. The fraction of sp³-hybridized carbons (Fsp3) is 0.522. The summed E-state index contributed by atoms with van der Waals surface area (Å²) in [5.74, 6) is -2.83. The van der Waals surface area contributed by atoms with E-state index in [-0.39, 0.29) is 47.5 Å². The van der Waals surface area contributed by atoms with Gasteiger partial charge in [0.05, 0.1) is 28.8 Å². The molecule has 5 amide bonds. The minimum Gasteiger partial charge on any atom is -0.375 e. The van der Waals surface area contributed by atoms with Gasteiger partial charge in [0.25, 0.3) is 11.8 Å². The molecule has 1 aromatic carbocycles. The number of amides is 5. The van der Waals surface area contributed by atoms with Crippen LogP contribution in [-0.2, 0) is 19.1 Å². The lowest BCUT2D eigenvalue weighted by Crippen LogP contribution is -2.54. The number of ether oxygens (including phenoxy) is 1. The Morgan fingerprint density at radius 1 is 1.18 bits per heavy atom. The smallest absolute Gasteiger partial charge is 0.264 e. The van der Waals surface area contributed by atoms with Crippen LogP contribution in [-0.4, -0.2) is 58.2 Å². The molecule has 2 aliphatic heterocycles. The Hall–Kier alpha value is -3.11. The highest BCUT2D eigenvalue weighted by Crippen LogP contribution is 2.32. The maximum Gasteiger partial charge on any atom is 0.264 e. The second-order valence-corrected chi connectivity index (χ2v) is 9.75. The molecule has 0 spiro atoms. The molecule has 178 valence electrons. The monoisotopic (exact) mass is 458 g/mol. The summed E-state index contributed by atoms with van der Waals surface area (Å²) in [5, 5.41) is 4.86. The van der Waals surface area contributed by atoms with E-state index in [1.165, 1.54) is 12.1 Å². The minimum absolute atomic E-state index is 0.0145. The Kier molecular flexibility index (Phi) is 6.71. The first-order chi connectivity index (χ1) is 15.3. The summed E-state index contributed by atoms with van der Waals surface area (Å²) in [5.41, 5.74) is 5.12. The number of carbonyl (C=O) groups is 5. The van der Waals surface area contributed by atoms with Gasteiger partial charge < -0.3 is 15.8 Å². The first kappa shape index (κ1) is 24.5. The van der Waals surface area contributed by atoms with E-state index >= 15 is 0 Å². The summed E-state index contributed by atoms with van der Waals surface area (Å²) < 4.78 is 5.82. The summed E-state index contributed by atoms with van der Waals surface area (Å²) in [6.07, 6.45) is 0.727. The molecule has 0 aromatic heterocycles. The maximum atomic E-state index is 13.1. The van der Waals surface area contributed by atoms with Crippen molar-refractivity contribution in [2.75, 3.05) is 11.9 Å². The predicted molar refractivity (Wildman–Crippen MR) is 119 cm³/mol. The molecule has 2 aliphatic rings. The standard InChI is InChI=1S/C23H30N4O6/c1-22(2,24)10-11-33-23(3,4)12-17(29)25-14-7-5-6-13-18(14)21(32)27(20(13)31)15-8-9-16(28)26-19(15)30/h5-7,15H,8-12,24H2,1-4H3,(H,25,29)(H,26,28,30). The molecule has 1 aromatic rings. The predicted octanol–water partition coefficient (Wildman–Crippen LogP) is 1.34. The highest BCUT2D eigenvalue weighted by Gasteiger charge is 2.45. The third-order valence-corrected chi connectivity index (χ3v) is 5.57. The topological polar surface area (TPSA) is 148 Å². The molecule has 1 fully saturated rings. The average Bonchev–Trinajstić information content (AvgIpc) is 2.92. The second-order valence-electron chi connectivity index (χ2n) is 9.75. The van der Waals surface area contributed by atoms with Gasteiger partial charge in [-0.05, 0) is 52.7 Å². The van der Waals surface area contributed by atoms with Gasteiger partial charge in [-0.1, -0.05) is 6.07 Å². The Morgan fingerprint density at radius 2 is 1.88 bits per heavy atom. The van der Waals surface area contributed by atoms with Gasteiger partial charge in [-0.15, -0.1) is 0 Å². The molecule has 0 bridgehead atoms.